The van der Waals surface area contributed by atoms with Gasteiger partial charge < -0.3 is 9.47 Å². The average Bonchev–Trinajstić information content (AvgIpc) is 1.58. The van der Waals surface area contributed by atoms with Gasteiger partial charge in [0.25, 0.3) is 0 Å². The van der Waals surface area contributed by atoms with E-state index in [0.29, 0.717) is 0 Å². The van der Waals surface area contributed by atoms with E-state index in [9.17, 15) is 0 Å². The van der Waals surface area contributed by atoms with Gasteiger partial charge in [0, 0.05) is 38.9 Å². The highest BCUT2D eigenvalue weighted by Gasteiger charge is 2.42. The summed E-state index contributed by atoms with van der Waals surface area (Å²) in [6.45, 7) is 11.4. The lowest BCUT2D eigenvalue weighted by atomic mass is 9.70. The molecule has 1 heterocycles. The van der Waals surface area contributed by atoms with Gasteiger partial charge in [-0.1, -0.05) is 331 Å². The smallest absolute Gasteiger partial charge is 0.0541 e. The van der Waals surface area contributed by atoms with E-state index in [0.717, 1.165) is 29.2 Å². The van der Waals surface area contributed by atoms with Crippen LogP contribution in [0.4, 0.5) is 17.1 Å². The van der Waals surface area contributed by atoms with Crippen LogP contribution in [0.5, 0.6) is 0 Å². The first-order valence-electron chi connectivity index (χ1n) is 37.5. The first-order valence-corrected chi connectivity index (χ1v) is 37.5. The van der Waals surface area contributed by atoms with Crippen molar-refractivity contribution in [2.45, 2.75) is 213 Å². The van der Waals surface area contributed by atoms with E-state index in [1.54, 1.807) is 11.1 Å². The molecule has 0 unspecified atom stereocenters. The summed E-state index contributed by atoms with van der Waals surface area (Å²) in [4.78, 5) is 2.42. The molecule has 0 fully saturated rings. The predicted molar refractivity (Wildman–Crippen MR) is 414 cm³/mol. The molecule has 12 rings (SSSR count). The summed E-state index contributed by atoms with van der Waals surface area (Å²) in [6.07, 6.45) is 36.2. The highest BCUT2D eigenvalue weighted by atomic mass is 15.1. The minimum Gasteiger partial charge on any atom is -0.311 e. The Morgan fingerprint density at radius 2 is 0.695 bits per heavy atom. The maximum atomic E-state index is 2.63. The number of para-hydroxylation sites is 1. The number of hydrogen-bond donors (Lipinski definition) is 0. The number of nitrogens with zero attached hydrogens (tertiary/aromatic N) is 2. The Hall–Kier alpha value is -8.20. The van der Waals surface area contributed by atoms with E-state index in [4.69, 9.17) is 0 Å². The van der Waals surface area contributed by atoms with Crippen molar-refractivity contribution < 1.29 is 0 Å². The van der Waals surface area contributed by atoms with Gasteiger partial charge in [0.1, 0.15) is 0 Å². The first-order chi connectivity index (χ1) is 46.8. The topological polar surface area (TPSA) is 8.17 Å². The number of fused-ring (bicyclic) bond motifs is 6. The van der Waals surface area contributed by atoms with Gasteiger partial charge in [-0.15, -0.1) is 0 Å². The van der Waals surface area contributed by atoms with Crippen LogP contribution in [0.15, 0.2) is 224 Å². The second-order valence-corrected chi connectivity index (χ2v) is 28.2. The average molecular weight is 1250 g/mol. The number of aryl methyl sites for hydroxylation is 3. The zero-order chi connectivity index (χ0) is 65.2. The number of rotatable bonds is 35. The molecule has 0 atom stereocenters. The molecular weight excluding hydrogens is 1150 g/mol. The fourth-order valence-corrected chi connectivity index (χ4v) is 15.8. The van der Waals surface area contributed by atoms with Gasteiger partial charge in [0.2, 0.25) is 0 Å². The number of aromatic nitrogens is 1. The fraction of sp³-hybridized carbons (Fsp3) is 0.355. The Morgan fingerprint density at radius 3 is 1.25 bits per heavy atom. The van der Waals surface area contributed by atoms with Crippen LogP contribution in [0.1, 0.15) is 216 Å². The van der Waals surface area contributed by atoms with Gasteiger partial charge in [0.05, 0.1) is 11.0 Å². The van der Waals surface area contributed by atoms with Gasteiger partial charge in [-0.2, -0.15) is 0 Å². The third-order valence-electron chi connectivity index (χ3n) is 21.2. The number of unbranched alkanes of at least 4 members (excludes halogenated alkanes) is 21. The van der Waals surface area contributed by atoms with Gasteiger partial charge in [-0.25, -0.2) is 0 Å². The Kier molecular flexibility index (Phi) is 23.2. The Balaban J connectivity index is 0.786. The van der Waals surface area contributed by atoms with E-state index in [2.05, 4.69) is 269 Å². The largest absolute Gasteiger partial charge is 0.311 e. The maximum Gasteiger partial charge on any atom is 0.0541 e. The molecule has 488 valence electrons. The van der Waals surface area contributed by atoms with Crippen molar-refractivity contribution in [1.82, 2.24) is 4.57 Å². The Morgan fingerprint density at radius 1 is 0.295 bits per heavy atom. The summed E-state index contributed by atoms with van der Waals surface area (Å²) in [7, 11) is 0. The van der Waals surface area contributed by atoms with Crippen LogP contribution >= 0.6 is 0 Å². The van der Waals surface area contributed by atoms with Crippen LogP contribution in [0.2, 0.25) is 0 Å². The zero-order valence-corrected chi connectivity index (χ0v) is 58.3. The molecule has 1 aliphatic rings. The molecule has 0 saturated heterocycles. The summed E-state index contributed by atoms with van der Waals surface area (Å²) in [5, 5.41) is 2.51. The second-order valence-electron chi connectivity index (χ2n) is 28.2. The van der Waals surface area contributed by atoms with Gasteiger partial charge in [-0.3, -0.25) is 0 Å². The highest BCUT2D eigenvalue weighted by Crippen LogP contribution is 2.55. The predicted octanol–water partition coefficient (Wildman–Crippen LogP) is 28.5. The Bertz CT molecular complexity index is 4170. The van der Waals surface area contributed by atoms with E-state index in [1.807, 2.05) is 0 Å². The van der Waals surface area contributed by atoms with Crippen LogP contribution in [0.3, 0.4) is 0 Å². The summed E-state index contributed by atoms with van der Waals surface area (Å²) in [5.41, 5.74) is 27.2. The van der Waals surface area contributed by atoms with Crippen LogP contribution in [-0.2, 0) is 11.8 Å². The molecule has 0 N–H and O–H groups in total. The summed E-state index contributed by atoms with van der Waals surface area (Å²) in [5.74, 6) is 0. The molecule has 2 nitrogen and oxygen atoms in total. The standard InChI is InChI=1S/C93H106N2/c1-6-9-12-15-17-19-21-23-25-30-64-93(65-31-26-24-22-20-18-16-13-10-7-2)89-66-71(5)40-61-85(89)86-62-53-80(69-90(86)93)77-51-59-83(60-52-77)94(81-55-38-70(4)39-56-81)82-57-49-76(50-58-82)79-54-63-92-88(68-79)87-36-28-29-37-91(87)95(92)84-35-32-34-78(67-84)75-47-45-74(46-48-75)73-43-41-72(42-44-73)33-27-14-11-8-3/h28-29,32,34-63,66-69H,6-27,30-31,33,64-65H2,1-5H3. The first kappa shape index (κ1) is 66.8. The van der Waals surface area contributed by atoms with Crippen molar-refractivity contribution in [2.24, 2.45) is 0 Å². The number of hydrogen-bond acceptors (Lipinski definition) is 1. The zero-order valence-electron chi connectivity index (χ0n) is 58.3. The molecule has 2 heteroatoms. The van der Waals surface area contributed by atoms with Crippen molar-refractivity contribution in [2.75, 3.05) is 4.90 Å². The molecule has 1 aromatic heterocycles. The molecule has 10 aromatic carbocycles. The fourth-order valence-electron chi connectivity index (χ4n) is 15.8. The molecule has 0 spiro atoms. The SMILES string of the molecule is CCCCCCCCCCCCC1(CCCCCCCCCCCC)c2cc(C)ccc2-c2ccc(-c3ccc(N(c4ccc(C)cc4)c4ccc(-c5ccc6c(c5)c5ccccc5n6-c5cccc(-c6ccc(-c7ccc(CCCCCC)cc7)cc6)c5)cc4)cc3)cc21. The minimum absolute atomic E-state index is 0.0366. The molecule has 95 heavy (non-hydrogen) atoms. The molecule has 0 radical (unpaired) electrons. The third kappa shape index (κ3) is 16.0. The van der Waals surface area contributed by atoms with E-state index in [1.165, 1.54) is 261 Å². The van der Waals surface area contributed by atoms with Crippen molar-refractivity contribution in [1.29, 1.82) is 0 Å². The van der Waals surface area contributed by atoms with Crippen LogP contribution in [-0.4, -0.2) is 4.57 Å². The molecule has 0 bridgehead atoms. The van der Waals surface area contributed by atoms with Crippen molar-refractivity contribution in [3.05, 3.63) is 252 Å². The van der Waals surface area contributed by atoms with Gasteiger partial charge >= 0.3 is 0 Å². The second kappa shape index (κ2) is 33.0. The lowest BCUT2D eigenvalue weighted by molar-refractivity contribution is 0.397. The normalized spacial score (nSPS) is 12.4. The van der Waals surface area contributed by atoms with Crippen molar-refractivity contribution in [3.63, 3.8) is 0 Å². The van der Waals surface area contributed by atoms with Crippen LogP contribution in [0, 0.1) is 13.8 Å². The number of benzene rings is 10. The van der Waals surface area contributed by atoms with Crippen molar-refractivity contribution >= 4 is 38.9 Å². The van der Waals surface area contributed by atoms with Gasteiger partial charge in [0.15, 0.2) is 0 Å². The maximum absolute atomic E-state index is 2.63. The summed E-state index contributed by atoms with van der Waals surface area (Å²) < 4.78 is 2.45. The quantitative estimate of drug-likeness (QED) is 0.0360. The van der Waals surface area contributed by atoms with E-state index < -0.39 is 0 Å². The number of anilines is 3. The lowest BCUT2D eigenvalue weighted by Gasteiger charge is -2.33. The summed E-state index contributed by atoms with van der Waals surface area (Å²) in [6, 6.07) is 85.9. The Labute approximate surface area is 571 Å². The third-order valence-corrected chi connectivity index (χ3v) is 21.2. The minimum atomic E-state index is 0.0366. The van der Waals surface area contributed by atoms with Crippen LogP contribution < -0.4 is 4.90 Å². The summed E-state index contributed by atoms with van der Waals surface area (Å²) >= 11 is 0. The van der Waals surface area contributed by atoms with E-state index >= 15 is 0 Å². The molecule has 0 amide bonds. The van der Waals surface area contributed by atoms with Gasteiger partial charge in [-0.05, 0) is 185 Å². The highest BCUT2D eigenvalue weighted by molar-refractivity contribution is 6.10. The monoisotopic (exact) mass is 1250 g/mol. The molecule has 11 aromatic rings. The molecular formula is C93H106N2. The van der Waals surface area contributed by atoms with E-state index in [-0.39, 0.29) is 5.41 Å². The molecule has 1 aliphatic carbocycles. The lowest BCUT2D eigenvalue weighted by Crippen LogP contribution is -2.25. The van der Waals surface area contributed by atoms with Crippen LogP contribution in [0.25, 0.3) is 83.1 Å². The molecule has 0 saturated carbocycles. The molecule has 0 aliphatic heterocycles. The van der Waals surface area contributed by atoms with Crippen molar-refractivity contribution in [3.8, 4) is 61.3 Å².